The molecule has 1 N–H and O–H groups in total. The lowest BCUT2D eigenvalue weighted by atomic mass is 10.0. The van der Waals surface area contributed by atoms with E-state index in [9.17, 15) is 19.5 Å². The predicted octanol–water partition coefficient (Wildman–Crippen LogP) is 3.48. The Bertz CT molecular complexity index is 1110. The number of rotatable bonds is 5. The number of ketones is 1. The second-order valence-corrected chi connectivity index (χ2v) is 6.69. The van der Waals surface area contributed by atoms with E-state index in [4.69, 9.17) is 9.47 Å². The van der Waals surface area contributed by atoms with Crippen molar-refractivity contribution in [1.82, 2.24) is 0 Å². The van der Waals surface area contributed by atoms with Gasteiger partial charge in [0.05, 0.1) is 25.4 Å². The minimum Gasteiger partial charge on any atom is -0.504 e. The summed E-state index contributed by atoms with van der Waals surface area (Å²) in [6, 6.07) is 11.2. The molecule has 7 nitrogen and oxygen atoms in total. The van der Waals surface area contributed by atoms with Crippen LogP contribution in [0.15, 0.2) is 59.3 Å². The van der Waals surface area contributed by atoms with Crippen LogP contribution in [0.5, 0.6) is 11.5 Å². The van der Waals surface area contributed by atoms with Gasteiger partial charge in [-0.1, -0.05) is 18.2 Å². The minimum absolute atomic E-state index is 0.0417. The molecular formula is C23H21NO6. The fourth-order valence-corrected chi connectivity index (χ4v) is 3.31. The van der Waals surface area contributed by atoms with Crippen molar-refractivity contribution in [2.24, 2.45) is 0 Å². The average Bonchev–Trinajstić information content (AvgIpc) is 2.98. The molecule has 3 rings (SSSR count). The van der Waals surface area contributed by atoms with Crippen molar-refractivity contribution in [2.75, 3.05) is 19.1 Å². The Balaban J connectivity index is 2.15. The number of anilines is 1. The van der Waals surface area contributed by atoms with Crippen LogP contribution in [-0.2, 0) is 14.3 Å². The van der Waals surface area contributed by atoms with E-state index in [-0.39, 0.29) is 28.4 Å². The van der Waals surface area contributed by atoms with Gasteiger partial charge in [-0.3, -0.25) is 14.5 Å². The Kier molecular flexibility index (Phi) is 5.73. The second kappa shape index (κ2) is 8.24. The molecule has 30 heavy (non-hydrogen) atoms. The first-order valence-corrected chi connectivity index (χ1v) is 9.12. The van der Waals surface area contributed by atoms with E-state index < -0.39 is 11.9 Å². The number of benzene rings is 2. The Labute approximate surface area is 173 Å². The fourth-order valence-electron chi connectivity index (χ4n) is 3.31. The van der Waals surface area contributed by atoms with Crippen LogP contribution in [0.1, 0.15) is 29.8 Å². The average molecular weight is 407 g/mol. The first kappa shape index (κ1) is 20.9. The van der Waals surface area contributed by atoms with Gasteiger partial charge in [0.15, 0.2) is 17.3 Å². The van der Waals surface area contributed by atoms with E-state index >= 15 is 0 Å². The molecule has 0 aliphatic carbocycles. The molecule has 2 aromatic rings. The number of carbonyl (C=O) groups is 3. The summed E-state index contributed by atoms with van der Waals surface area (Å²) in [4.78, 5) is 38.9. The number of Topliss-reactive ketones (excluding diaryl/α,β-unsaturated/α-hetero) is 1. The maximum Gasteiger partial charge on any atom is 0.340 e. The summed E-state index contributed by atoms with van der Waals surface area (Å²) in [5, 5.41) is 9.80. The van der Waals surface area contributed by atoms with Gasteiger partial charge in [-0.15, -0.1) is 0 Å². The van der Waals surface area contributed by atoms with Crippen LogP contribution in [0.2, 0.25) is 0 Å². The smallest absolute Gasteiger partial charge is 0.340 e. The maximum atomic E-state index is 13.3. The highest BCUT2D eigenvalue weighted by molar-refractivity contribution is 6.24. The number of aromatic hydroxyl groups is 1. The van der Waals surface area contributed by atoms with Gasteiger partial charge in [-0.05, 0) is 49.8 Å². The number of nitrogens with zero attached hydrogens (tertiary/aromatic N) is 1. The van der Waals surface area contributed by atoms with E-state index in [1.165, 1.54) is 38.2 Å². The van der Waals surface area contributed by atoms with Gasteiger partial charge in [0.1, 0.15) is 0 Å². The van der Waals surface area contributed by atoms with Crippen LogP contribution in [0.25, 0.3) is 6.08 Å². The first-order chi connectivity index (χ1) is 14.3. The Morgan fingerprint density at radius 1 is 1.10 bits per heavy atom. The lowest BCUT2D eigenvalue weighted by Gasteiger charge is -2.18. The zero-order chi connectivity index (χ0) is 22.0. The summed E-state index contributed by atoms with van der Waals surface area (Å²) in [7, 11) is 2.66. The molecule has 7 heteroatoms. The number of hydrogen-bond acceptors (Lipinski definition) is 6. The molecule has 1 heterocycles. The molecule has 154 valence electrons. The van der Waals surface area contributed by atoms with Crippen molar-refractivity contribution < 1.29 is 29.0 Å². The highest BCUT2D eigenvalue weighted by atomic mass is 16.5. The van der Waals surface area contributed by atoms with Crippen molar-refractivity contribution in [3.8, 4) is 11.5 Å². The number of phenols is 1. The molecular weight excluding hydrogens is 386 g/mol. The van der Waals surface area contributed by atoms with Gasteiger partial charge in [0, 0.05) is 16.9 Å². The first-order valence-electron chi connectivity index (χ1n) is 9.12. The molecule has 1 aliphatic rings. The summed E-state index contributed by atoms with van der Waals surface area (Å²) >= 11 is 0. The zero-order valence-electron chi connectivity index (χ0n) is 17.1. The number of methoxy groups -OCH3 is 2. The molecule has 0 saturated heterocycles. The highest BCUT2D eigenvalue weighted by Crippen LogP contribution is 2.36. The van der Waals surface area contributed by atoms with Crippen LogP contribution in [0.4, 0.5) is 5.69 Å². The van der Waals surface area contributed by atoms with Gasteiger partial charge in [-0.2, -0.15) is 0 Å². The molecule has 2 aromatic carbocycles. The van der Waals surface area contributed by atoms with Gasteiger partial charge >= 0.3 is 5.97 Å². The lowest BCUT2D eigenvalue weighted by molar-refractivity contribution is -0.136. The van der Waals surface area contributed by atoms with Crippen LogP contribution in [-0.4, -0.2) is 37.0 Å². The normalized spacial score (nSPS) is 15.0. The number of carbonyl (C=O) groups excluding carboxylic acids is 3. The van der Waals surface area contributed by atoms with Gasteiger partial charge in [0.2, 0.25) is 0 Å². The Morgan fingerprint density at radius 2 is 1.83 bits per heavy atom. The standard InChI is InChI=1S/C23H21NO6/c1-13-21(23(28)30-4)18(10-15-8-9-19(26)20(11-15)29-3)22(27)24(13)17-7-5-6-16(12-17)14(2)25/h5-12,26H,1-4H3/b18-10-. The maximum absolute atomic E-state index is 13.3. The molecule has 0 unspecified atom stereocenters. The molecule has 0 atom stereocenters. The lowest BCUT2D eigenvalue weighted by Crippen LogP contribution is -2.24. The molecule has 1 aliphatic heterocycles. The molecule has 1 amide bonds. The molecule has 0 saturated carbocycles. The predicted molar refractivity (Wildman–Crippen MR) is 111 cm³/mol. The Hall–Kier alpha value is -3.87. The van der Waals surface area contributed by atoms with Gasteiger partial charge < -0.3 is 14.6 Å². The van der Waals surface area contributed by atoms with Crippen LogP contribution >= 0.6 is 0 Å². The third kappa shape index (κ3) is 3.69. The number of amides is 1. The van der Waals surface area contributed by atoms with E-state index in [2.05, 4.69) is 0 Å². The second-order valence-electron chi connectivity index (χ2n) is 6.69. The van der Waals surface area contributed by atoms with E-state index in [0.29, 0.717) is 22.5 Å². The number of hydrogen-bond donors (Lipinski definition) is 1. The molecule has 0 aromatic heterocycles. The van der Waals surface area contributed by atoms with Crippen LogP contribution in [0, 0.1) is 0 Å². The molecule has 0 spiro atoms. The number of phenolic OH excluding ortho intramolecular Hbond substituents is 1. The number of allylic oxidation sites excluding steroid dienone is 1. The van der Waals surface area contributed by atoms with Crippen LogP contribution in [0.3, 0.4) is 0 Å². The van der Waals surface area contributed by atoms with Crippen molar-refractivity contribution >= 4 is 29.4 Å². The summed E-state index contributed by atoms with van der Waals surface area (Å²) in [5.74, 6) is -1.02. The van der Waals surface area contributed by atoms with Crippen molar-refractivity contribution in [3.05, 3.63) is 70.4 Å². The third-order valence-electron chi connectivity index (χ3n) is 4.82. The largest absolute Gasteiger partial charge is 0.504 e. The van der Waals surface area contributed by atoms with Crippen molar-refractivity contribution in [2.45, 2.75) is 13.8 Å². The fraction of sp³-hybridized carbons (Fsp3) is 0.174. The summed E-state index contributed by atoms with van der Waals surface area (Å²) in [6.45, 7) is 3.08. The topological polar surface area (TPSA) is 93.1 Å². The van der Waals surface area contributed by atoms with Crippen LogP contribution < -0.4 is 9.64 Å². The summed E-state index contributed by atoms with van der Waals surface area (Å²) in [6.07, 6.45) is 1.54. The van der Waals surface area contributed by atoms with Gasteiger partial charge in [-0.25, -0.2) is 4.79 Å². The van der Waals surface area contributed by atoms with Crippen molar-refractivity contribution in [3.63, 3.8) is 0 Å². The highest BCUT2D eigenvalue weighted by Gasteiger charge is 2.38. The quantitative estimate of drug-likeness (QED) is 0.463. The Morgan fingerprint density at radius 3 is 2.47 bits per heavy atom. The van der Waals surface area contributed by atoms with Crippen molar-refractivity contribution in [1.29, 1.82) is 0 Å². The van der Waals surface area contributed by atoms with Gasteiger partial charge in [0.25, 0.3) is 5.91 Å². The summed E-state index contributed by atoms with van der Waals surface area (Å²) in [5.41, 5.74) is 2.14. The third-order valence-corrected chi connectivity index (χ3v) is 4.82. The number of esters is 1. The van der Waals surface area contributed by atoms with E-state index in [1.807, 2.05) is 0 Å². The number of ether oxygens (including phenoxy) is 2. The SMILES string of the molecule is COC(=O)C1=C(C)N(c2cccc(C(C)=O)c2)C(=O)/C1=C\c1ccc(O)c(OC)c1. The van der Waals surface area contributed by atoms with E-state index in [0.717, 1.165) is 0 Å². The zero-order valence-corrected chi connectivity index (χ0v) is 17.1. The molecule has 0 fully saturated rings. The summed E-state index contributed by atoms with van der Waals surface area (Å²) < 4.78 is 10.0. The monoisotopic (exact) mass is 407 g/mol. The van der Waals surface area contributed by atoms with E-state index in [1.54, 1.807) is 43.3 Å². The molecule has 0 bridgehead atoms. The molecule has 0 radical (unpaired) electrons. The minimum atomic E-state index is -0.650.